The number of hydrogen-bond acceptors (Lipinski definition) is 3. The Kier molecular flexibility index (Phi) is 9.09. The largest absolute Gasteiger partial charge is 0.484 e. The molecule has 3 fully saturated rings. The predicted molar refractivity (Wildman–Crippen MR) is 158 cm³/mol. The number of quaternary nitrogens is 2. The van der Waals surface area contributed by atoms with Crippen LogP contribution in [0.5, 0.6) is 11.5 Å². The number of nitrogens with two attached hydrogens (primary N) is 2. The van der Waals surface area contributed by atoms with Gasteiger partial charge in [-0.2, -0.15) is 13.2 Å². The number of benzene rings is 3. The smallest absolute Gasteiger partial charge is 0.391 e. The first-order valence-corrected chi connectivity index (χ1v) is 15.6. The van der Waals surface area contributed by atoms with Crippen molar-refractivity contribution in [1.29, 1.82) is 0 Å². The van der Waals surface area contributed by atoms with E-state index in [0.29, 0.717) is 35.6 Å². The lowest BCUT2D eigenvalue weighted by molar-refractivity contribution is -0.638. The van der Waals surface area contributed by atoms with E-state index in [4.69, 9.17) is 9.47 Å². The molecule has 3 aliphatic rings. The van der Waals surface area contributed by atoms with E-state index in [1.165, 1.54) is 12.1 Å². The lowest BCUT2D eigenvalue weighted by atomic mass is 9.78. The summed E-state index contributed by atoms with van der Waals surface area (Å²) in [5.41, 5.74) is 3.27. The first kappa shape index (κ1) is 30.4. The lowest BCUT2D eigenvalue weighted by Crippen LogP contribution is -2.81. The molecule has 2 aliphatic heterocycles. The number of anilines is 1. The predicted octanol–water partition coefficient (Wildman–Crippen LogP) is 5.01. The summed E-state index contributed by atoms with van der Waals surface area (Å²) in [7, 11) is 0. The number of rotatable bonds is 8. The number of halogens is 4. The quantitative estimate of drug-likeness (QED) is 0.313. The Morgan fingerprint density at radius 2 is 1.41 bits per heavy atom. The molecule has 6 rings (SSSR count). The van der Waals surface area contributed by atoms with Gasteiger partial charge in [0.25, 0.3) is 5.91 Å². The molecule has 3 aromatic carbocycles. The zero-order chi connectivity index (χ0) is 30.7. The van der Waals surface area contributed by atoms with Crippen LogP contribution < -0.4 is 25.4 Å². The first-order valence-electron chi connectivity index (χ1n) is 15.6. The standard InChI is InChI=1S/C34H37F4N3O3/c35-25-8-3-22(4-9-25)30-18-26(10-12-32(30)44-28-14-16-40-20-28)41-33(42)23-5-11-31(43-27-13-15-39-19-27)29(17-23)21-1-6-24(7-2-21)34(36,37)38/h3-5,8-12,17-18,21,24,27-28,39-40H,1-2,6-7,13-16,19-20H2,(H,41,42)/p+2/t21?,24?,27-,28-/m0/s1. The number of hydrogen-bond donors (Lipinski definition) is 3. The van der Waals surface area contributed by atoms with Gasteiger partial charge in [-0.25, -0.2) is 4.39 Å². The number of carbonyl (C=O) groups excluding carboxylic acids is 1. The molecule has 6 nitrogen and oxygen atoms in total. The molecule has 1 aliphatic carbocycles. The van der Waals surface area contributed by atoms with E-state index < -0.39 is 12.1 Å². The molecular weight excluding hydrogens is 574 g/mol. The summed E-state index contributed by atoms with van der Waals surface area (Å²) in [6.45, 7) is 3.66. The van der Waals surface area contributed by atoms with E-state index in [9.17, 15) is 22.4 Å². The summed E-state index contributed by atoms with van der Waals surface area (Å²) >= 11 is 0. The minimum atomic E-state index is -4.19. The molecule has 0 spiro atoms. The lowest BCUT2D eigenvalue weighted by Gasteiger charge is -2.31. The van der Waals surface area contributed by atoms with Gasteiger partial charge in [0.15, 0.2) is 12.2 Å². The molecule has 0 aromatic heterocycles. The van der Waals surface area contributed by atoms with Crippen LogP contribution in [0.15, 0.2) is 60.7 Å². The molecule has 10 heteroatoms. The molecule has 3 aromatic rings. The van der Waals surface area contributed by atoms with Crippen LogP contribution in [0.25, 0.3) is 11.1 Å². The molecule has 1 amide bonds. The van der Waals surface area contributed by atoms with Gasteiger partial charge in [-0.15, -0.1) is 0 Å². The van der Waals surface area contributed by atoms with Gasteiger partial charge < -0.3 is 25.4 Å². The second-order valence-corrected chi connectivity index (χ2v) is 12.2. The van der Waals surface area contributed by atoms with Crippen LogP contribution in [0.1, 0.15) is 60.4 Å². The first-order chi connectivity index (χ1) is 21.2. The van der Waals surface area contributed by atoms with Crippen LogP contribution in [-0.2, 0) is 0 Å². The van der Waals surface area contributed by atoms with Crippen LogP contribution in [-0.4, -0.2) is 50.5 Å². The summed E-state index contributed by atoms with van der Waals surface area (Å²) in [5.74, 6) is -0.754. The Morgan fingerprint density at radius 1 is 0.773 bits per heavy atom. The molecule has 44 heavy (non-hydrogen) atoms. The van der Waals surface area contributed by atoms with Gasteiger partial charge in [0.1, 0.15) is 30.4 Å². The number of alkyl halides is 3. The average molecular weight is 614 g/mol. The third-order valence-electron chi connectivity index (χ3n) is 9.13. The van der Waals surface area contributed by atoms with Crippen molar-refractivity contribution in [3.8, 4) is 22.6 Å². The Bertz CT molecular complexity index is 1440. The summed E-state index contributed by atoms with van der Waals surface area (Å²) in [5, 5.41) is 7.37. The maximum Gasteiger partial charge on any atom is 0.391 e. The van der Waals surface area contributed by atoms with Gasteiger partial charge in [-0.05, 0) is 91.3 Å². The fourth-order valence-electron chi connectivity index (χ4n) is 6.64. The fraction of sp³-hybridized carbons (Fsp3) is 0.441. The summed E-state index contributed by atoms with van der Waals surface area (Å²) < 4.78 is 66.4. The summed E-state index contributed by atoms with van der Waals surface area (Å²) in [4.78, 5) is 13.6. The highest BCUT2D eigenvalue weighted by Crippen LogP contribution is 2.45. The summed E-state index contributed by atoms with van der Waals surface area (Å²) in [6.07, 6.45) is -1.32. The Hall–Kier alpha value is -3.63. The van der Waals surface area contributed by atoms with E-state index in [1.807, 2.05) is 12.1 Å². The van der Waals surface area contributed by atoms with Gasteiger partial charge in [0.05, 0.1) is 19.0 Å². The van der Waals surface area contributed by atoms with Crippen LogP contribution in [0, 0.1) is 11.7 Å². The summed E-state index contributed by atoms with van der Waals surface area (Å²) in [6, 6.07) is 16.9. The van der Waals surface area contributed by atoms with Crippen molar-refractivity contribution in [1.82, 2.24) is 0 Å². The molecule has 1 saturated carbocycles. The molecule has 5 N–H and O–H groups in total. The highest BCUT2D eigenvalue weighted by atomic mass is 19.4. The monoisotopic (exact) mass is 613 g/mol. The molecule has 234 valence electrons. The van der Waals surface area contributed by atoms with E-state index in [0.717, 1.165) is 55.7 Å². The van der Waals surface area contributed by atoms with Gasteiger partial charge in [-0.1, -0.05) is 12.1 Å². The SMILES string of the molecule is O=C(Nc1ccc(O[C@H]2CC[NH2+]C2)c(-c2ccc(F)cc2)c1)c1ccc(O[C@H]2CC[NH2+]C2)c(C2CCC(C(F)(F)F)CC2)c1. The van der Waals surface area contributed by atoms with Crippen molar-refractivity contribution in [2.24, 2.45) is 5.92 Å². The third kappa shape index (κ3) is 7.18. The van der Waals surface area contributed by atoms with Crippen molar-refractivity contribution < 1.29 is 42.5 Å². The fourth-order valence-corrected chi connectivity index (χ4v) is 6.64. The molecule has 2 heterocycles. The Morgan fingerprint density at radius 3 is 2.02 bits per heavy atom. The number of amides is 1. The van der Waals surface area contributed by atoms with E-state index >= 15 is 0 Å². The van der Waals surface area contributed by atoms with E-state index in [2.05, 4.69) is 16.0 Å². The molecule has 2 atom stereocenters. The van der Waals surface area contributed by atoms with Crippen LogP contribution >= 0.6 is 0 Å². The van der Waals surface area contributed by atoms with Crippen molar-refractivity contribution in [2.75, 3.05) is 31.5 Å². The Balaban J connectivity index is 1.24. The maximum absolute atomic E-state index is 13.7. The minimum absolute atomic E-state index is 0.0349. The minimum Gasteiger partial charge on any atom is -0.484 e. The van der Waals surface area contributed by atoms with Crippen LogP contribution in [0.2, 0.25) is 0 Å². The normalized spacial score (nSPS) is 23.8. The third-order valence-corrected chi connectivity index (χ3v) is 9.13. The van der Waals surface area contributed by atoms with Crippen LogP contribution in [0.3, 0.4) is 0 Å². The van der Waals surface area contributed by atoms with Crippen molar-refractivity contribution in [3.63, 3.8) is 0 Å². The van der Waals surface area contributed by atoms with E-state index in [-0.39, 0.29) is 42.7 Å². The van der Waals surface area contributed by atoms with Crippen molar-refractivity contribution >= 4 is 11.6 Å². The van der Waals surface area contributed by atoms with Gasteiger partial charge in [0.2, 0.25) is 0 Å². The molecule has 2 saturated heterocycles. The second kappa shape index (κ2) is 13.2. The van der Waals surface area contributed by atoms with Crippen LogP contribution in [0.4, 0.5) is 23.2 Å². The topological polar surface area (TPSA) is 80.8 Å². The average Bonchev–Trinajstić information content (AvgIpc) is 3.73. The number of nitrogens with one attached hydrogen (secondary N) is 1. The van der Waals surface area contributed by atoms with Gasteiger partial charge >= 0.3 is 6.18 Å². The highest BCUT2D eigenvalue weighted by molar-refractivity contribution is 6.05. The zero-order valence-electron chi connectivity index (χ0n) is 24.5. The molecule has 0 bridgehead atoms. The second-order valence-electron chi connectivity index (χ2n) is 12.2. The van der Waals surface area contributed by atoms with Gasteiger partial charge in [0, 0.05) is 29.7 Å². The zero-order valence-corrected chi connectivity index (χ0v) is 24.5. The molecule has 0 unspecified atom stereocenters. The molecular formula is C34H39F4N3O3+2. The maximum atomic E-state index is 13.7. The number of ether oxygens (including phenoxy) is 2. The van der Waals surface area contributed by atoms with Crippen molar-refractivity contribution in [3.05, 3.63) is 77.6 Å². The van der Waals surface area contributed by atoms with E-state index in [1.54, 1.807) is 36.4 Å². The Labute approximate surface area is 254 Å². The molecule has 0 radical (unpaired) electrons. The number of carbonyl (C=O) groups is 1. The van der Waals surface area contributed by atoms with Gasteiger partial charge in [-0.3, -0.25) is 4.79 Å². The van der Waals surface area contributed by atoms with Crippen molar-refractivity contribution in [2.45, 2.75) is 62.8 Å². The highest BCUT2D eigenvalue weighted by Gasteiger charge is 2.42.